The van der Waals surface area contributed by atoms with Crippen molar-refractivity contribution in [2.45, 2.75) is 43.8 Å². The minimum atomic E-state index is -1.12. The lowest BCUT2D eigenvalue weighted by Crippen LogP contribution is -2.57. The molecule has 2 aromatic heterocycles. The molecule has 41 heavy (non-hydrogen) atoms. The molecule has 4 heterocycles. The zero-order chi connectivity index (χ0) is 28.5. The van der Waals surface area contributed by atoms with Crippen LogP contribution in [0.25, 0.3) is 11.0 Å². The maximum absolute atomic E-state index is 15.9. The number of ether oxygens (including phenoxy) is 1. The third-order valence-electron chi connectivity index (χ3n) is 8.82. The van der Waals surface area contributed by atoms with Crippen LogP contribution in [0.3, 0.4) is 0 Å². The SMILES string of the molecule is C[C@]1(C(=O)Nc2cccc(Cl)c2)[C@@H](c2cccc(Cl)c2F)[C@@H]2Cn3nc4ncc(Br)cc4c3OC[C@@H]2N1CC1CC1. The Labute approximate surface area is 255 Å². The summed E-state index contributed by atoms with van der Waals surface area (Å²) < 4.78 is 25.1. The Morgan fingerprint density at radius 2 is 2.02 bits per heavy atom. The molecule has 2 aromatic carbocycles. The molecule has 1 N–H and O–H groups in total. The molecule has 7 rings (SSSR count). The van der Waals surface area contributed by atoms with Crippen LogP contribution in [-0.4, -0.2) is 50.3 Å². The summed E-state index contributed by atoms with van der Waals surface area (Å²) in [5, 5.41) is 9.21. The highest BCUT2D eigenvalue weighted by Gasteiger charge is 2.62. The minimum Gasteiger partial charge on any atom is -0.476 e. The molecular formula is C30H27BrCl2FN5O2. The van der Waals surface area contributed by atoms with Gasteiger partial charge in [0, 0.05) is 46.3 Å². The summed E-state index contributed by atoms with van der Waals surface area (Å²) in [6.07, 6.45) is 3.90. The van der Waals surface area contributed by atoms with E-state index in [4.69, 9.17) is 33.0 Å². The number of nitrogens with one attached hydrogen (secondary N) is 1. The van der Waals surface area contributed by atoms with Gasteiger partial charge in [-0.3, -0.25) is 9.69 Å². The van der Waals surface area contributed by atoms with Crippen molar-refractivity contribution < 1.29 is 13.9 Å². The Morgan fingerprint density at radius 1 is 1.22 bits per heavy atom. The molecule has 0 unspecified atom stereocenters. The molecule has 11 heteroatoms. The summed E-state index contributed by atoms with van der Waals surface area (Å²) in [4.78, 5) is 21.2. The molecule has 0 bridgehead atoms. The zero-order valence-electron chi connectivity index (χ0n) is 22.2. The summed E-state index contributed by atoms with van der Waals surface area (Å²) in [5.41, 5.74) is 0.443. The van der Waals surface area contributed by atoms with E-state index in [1.165, 1.54) is 6.07 Å². The number of rotatable bonds is 5. The molecule has 1 aliphatic carbocycles. The Balaban J connectivity index is 1.38. The number of nitrogens with zero attached hydrogens (tertiary/aromatic N) is 4. The zero-order valence-corrected chi connectivity index (χ0v) is 25.3. The van der Waals surface area contributed by atoms with Gasteiger partial charge in [-0.15, -0.1) is 5.10 Å². The predicted octanol–water partition coefficient (Wildman–Crippen LogP) is 6.92. The molecule has 0 spiro atoms. The van der Waals surface area contributed by atoms with E-state index < -0.39 is 17.3 Å². The molecule has 3 aliphatic rings. The third kappa shape index (κ3) is 4.61. The topological polar surface area (TPSA) is 72.3 Å². The fraction of sp³-hybridized carbons (Fsp3) is 0.367. The molecule has 212 valence electrons. The summed E-state index contributed by atoms with van der Waals surface area (Å²) in [5.74, 6) is -0.395. The normalized spacial score (nSPS) is 25.8. The second-order valence-corrected chi connectivity index (χ2v) is 13.1. The Morgan fingerprint density at radius 3 is 2.80 bits per heavy atom. The number of hydrogen-bond donors (Lipinski definition) is 1. The Kier molecular flexibility index (Phi) is 6.77. The van der Waals surface area contributed by atoms with Crippen LogP contribution in [0.4, 0.5) is 10.1 Å². The fourth-order valence-corrected chi connectivity index (χ4v) is 7.44. The molecule has 2 aliphatic heterocycles. The molecule has 7 nitrogen and oxygen atoms in total. The van der Waals surface area contributed by atoms with Gasteiger partial charge in [0.2, 0.25) is 11.8 Å². The van der Waals surface area contributed by atoms with Crippen LogP contribution in [-0.2, 0) is 11.3 Å². The van der Waals surface area contributed by atoms with Crippen molar-refractivity contribution in [1.82, 2.24) is 19.7 Å². The first-order valence-corrected chi connectivity index (χ1v) is 15.2. The van der Waals surface area contributed by atoms with E-state index in [0.717, 1.165) is 22.7 Å². The number of amides is 1. The van der Waals surface area contributed by atoms with Gasteiger partial charge in [0.1, 0.15) is 18.0 Å². The van der Waals surface area contributed by atoms with Gasteiger partial charge in [-0.1, -0.05) is 41.4 Å². The average molecular weight is 659 g/mol. The fourth-order valence-electron chi connectivity index (χ4n) is 6.74. The van der Waals surface area contributed by atoms with E-state index in [2.05, 4.69) is 31.1 Å². The van der Waals surface area contributed by atoms with Crippen LogP contribution in [0.2, 0.25) is 10.0 Å². The molecule has 4 aromatic rings. The number of carbonyl (C=O) groups is 1. The Bertz CT molecular complexity index is 1680. The van der Waals surface area contributed by atoms with Crippen LogP contribution in [0, 0.1) is 17.7 Å². The van der Waals surface area contributed by atoms with Crippen LogP contribution in [0.1, 0.15) is 31.2 Å². The number of likely N-dealkylation sites (tertiary alicyclic amines) is 1. The van der Waals surface area contributed by atoms with Gasteiger partial charge in [-0.2, -0.15) is 0 Å². The molecular weight excluding hydrogens is 632 g/mol. The highest BCUT2D eigenvalue weighted by atomic mass is 79.9. The van der Waals surface area contributed by atoms with Crippen molar-refractivity contribution in [3.8, 4) is 5.88 Å². The van der Waals surface area contributed by atoms with Gasteiger partial charge in [0.05, 0.1) is 16.5 Å². The van der Waals surface area contributed by atoms with Gasteiger partial charge in [-0.05, 0) is 77.5 Å². The second-order valence-electron chi connectivity index (χ2n) is 11.4. The first kappa shape index (κ1) is 27.1. The first-order chi connectivity index (χ1) is 19.7. The van der Waals surface area contributed by atoms with Crippen molar-refractivity contribution in [1.29, 1.82) is 0 Å². The van der Waals surface area contributed by atoms with Crippen molar-refractivity contribution >= 4 is 61.8 Å². The average Bonchev–Trinajstić information content (AvgIpc) is 3.69. The van der Waals surface area contributed by atoms with E-state index in [-0.39, 0.29) is 22.9 Å². The van der Waals surface area contributed by atoms with Crippen molar-refractivity contribution in [2.24, 2.45) is 11.8 Å². The first-order valence-electron chi connectivity index (χ1n) is 13.7. The van der Waals surface area contributed by atoms with Gasteiger partial charge in [0.25, 0.3) is 0 Å². The number of halogens is 4. The standard InChI is InChI=1S/C30H27BrCl2FN5O2/c1-30(29(40)36-19-5-2-4-18(32)11-19)25(20-6-3-7-23(33)26(20)34)22-14-39-28(21-10-17(31)12-35-27(21)37-39)41-15-24(22)38(30)13-16-8-9-16/h2-7,10-12,16,22,24-25H,8-9,13-15H2,1H3,(H,36,40)/t22-,24+,25+,30-/m1/s1. The van der Waals surface area contributed by atoms with Gasteiger partial charge in [-0.25, -0.2) is 14.1 Å². The van der Waals surface area contributed by atoms with E-state index in [1.54, 1.807) is 42.6 Å². The summed E-state index contributed by atoms with van der Waals surface area (Å²) >= 11 is 16.1. The molecule has 1 amide bonds. The van der Waals surface area contributed by atoms with Gasteiger partial charge >= 0.3 is 0 Å². The molecule has 0 radical (unpaired) electrons. The van der Waals surface area contributed by atoms with Crippen LogP contribution < -0.4 is 10.1 Å². The summed E-state index contributed by atoms with van der Waals surface area (Å²) in [6, 6.07) is 13.9. The second kappa shape index (κ2) is 10.2. The van der Waals surface area contributed by atoms with E-state index in [0.29, 0.717) is 53.4 Å². The maximum Gasteiger partial charge on any atom is 0.245 e. The highest BCUT2D eigenvalue weighted by molar-refractivity contribution is 9.10. The summed E-state index contributed by atoms with van der Waals surface area (Å²) in [6.45, 7) is 3.38. The lowest BCUT2D eigenvalue weighted by Gasteiger charge is -2.40. The van der Waals surface area contributed by atoms with Crippen LogP contribution >= 0.6 is 39.1 Å². The monoisotopic (exact) mass is 657 g/mol. The van der Waals surface area contributed by atoms with Gasteiger partial charge < -0.3 is 10.1 Å². The molecule has 1 saturated carbocycles. The number of pyridine rings is 1. The predicted molar refractivity (Wildman–Crippen MR) is 160 cm³/mol. The molecule has 1 saturated heterocycles. The lowest BCUT2D eigenvalue weighted by atomic mass is 9.74. The van der Waals surface area contributed by atoms with Crippen molar-refractivity contribution in [3.63, 3.8) is 0 Å². The number of carbonyl (C=O) groups excluding carboxylic acids is 1. The number of benzene rings is 2. The largest absolute Gasteiger partial charge is 0.476 e. The highest BCUT2D eigenvalue weighted by Crippen LogP contribution is 2.54. The summed E-state index contributed by atoms with van der Waals surface area (Å²) in [7, 11) is 0. The molecule has 4 atom stereocenters. The van der Waals surface area contributed by atoms with E-state index in [9.17, 15) is 4.79 Å². The lowest BCUT2D eigenvalue weighted by molar-refractivity contribution is -0.127. The third-order valence-corrected chi connectivity index (χ3v) is 9.78. The Hall–Kier alpha value is -2.72. The molecule has 2 fully saturated rings. The minimum absolute atomic E-state index is 0.0294. The quantitative estimate of drug-likeness (QED) is 0.252. The van der Waals surface area contributed by atoms with E-state index in [1.807, 2.05) is 17.7 Å². The van der Waals surface area contributed by atoms with Crippen molar-refractivity contribution in [3.05, 3.63) is 80.6 Å². The number of fused-ring (bicyclic) bond motifs is 4. The number of aromatic nitrogens is 3. The number of anilines is 1. The van der Waals surface area contributed by atoms with Gasteiger partial charge in [0.15, 0.2) is 5.65 Å². The van der Waals surface area contributed by atoms with E-state index >= 15 is 4.39 Å². The maximum atomic E-state index is 15.9. The number of hydrogen-bond acceptors (Lipinski definition) is 5. The van der Waals surface area contributed by atoms with Crippen LogP contribution in [0.5, 0.6) is 5.88 Å². The smallest absolute Gasteiger partial charge is 0.245 e. The van der Waals surface area contributed by atoms with Crippen LogP contribution in [0.15, 0.2) is 59.2 Å². The van der Waals surface area contributed by atoms with Crippen molar-refractivity contribution in [2.75, 3.05) is 18.5 Å².